The average molecular weight is 702 g/mol. The van der Waals surface area contributed by atoms with Crippen LogP contribution >= 0.6 is 11.6 Å². The second-order valence-electron chi connectivity index (χ2n) is 12.9. The molecule has 0 atom stereocenters. The van der Waals surface area contributed by atoms with Crippen LogP contribution in [0.1, 0.15) is 47.6 Å². The van der Waals surface area contributed by atoms with Gasteiger partial charge in [0.1, 0.15) is 30.1 Å². The Morgan fingerprint density at radius 3 is 2.14 bits per heavy atom. The average Bonchev–Trinajstić information content (AvgIpc) is 3.16. The molecule has 0 N–H and O–H groups in total. The van der Waals surface area contributed by atoms with Crippen LogP contribution in [0.5, 0.6) is 23.1 Å². The number of carbonyl (C=O) groups is 1. The molecule has 1 aliphatic rings. The van der Waals surface area contributed by atoms with E-state index in [-0.39, 0.29) is 0 Å². The van der Waals surface area contributed by atoms with E-state index in [1.165, 1.54) is 16.7 Å². The van der Waals surface area contributed by atoms with Crippen LogP contribution in [-0.2, 0) is 24.4 Å². The Bertz CT molecular complexity index is 1870. The Kier molecular flexibility index (Phi) is 12.4. The SMILES string of the molecule is CC(C)c1ccc(OCCc2ccc(CN3CCN(/C(=C/C=O)c4ccc(Oc5ccc(OCc6ccccc6Cl)cn5)cc4)CC3)cc2)cc1. The van der Waals surface area contributed by atoms with E-state index in [0.29, 0.717) is 41.5 Å². The number of ether oxygens (including phenoxy) is 3. The summed E-state index contributed by atoms with van der Waals surface area (Å²) in [5.41, 5.74) is 6.68. The van der Waals surface area contributed by atoms with Gasteiger partial charge in [-0.1, -0.05) is 80.0 Å². The third-order valence-corrected chi connectivity index (χ3v) is 9.38. The first kappa shape index (κ1) is 35.7. The molecule has 51 heavy (non-hydrogen) atoms. The van der Waals surface area contributed by atoms with E-state index in [9.17, 15) is 4.79 Å². The topological polar surface area (TPSA) is 64.1 Å². The maximum absolute atomic E-state index is 11.6. The minimum absolute atomic E-state index is 0.356. The Balaban J connectivity index is 0.947. The zero-order chi connectivity index (χ0) is 35.4. The van der Waals surface area contributed by atoms with Crippen LogP contribution in [0, 0.1) is 0 Å². The normalized spacial score (nSPS) is 13.6. The second-order valence-corrected chi connectivity index (χ2v) is 13.3. The van der Waals surface area contributed by atoms with E-state index in [2.05, 4.69) is 77.2 Å². The van der Waals surface area contributed by atoms with Gasteiger partial charge in [-0.05, 0) is 76.7 Å². The summed E-state index contributed by atoms with van der Waals surface area (Å²) in [6.45, 7) is 9.79. The van der Waals surface area contributed by atoms with Crippen LogP contribution in [0.3, 0.4) is 0 Å². The first-order chi connectivity index (χ1) is 24.9. The van der Waals surface area contributed by atoms with E-state index in [1.807, 2.05) is 54.6 Å². The van der Waals surface area contributed by atoms with Gasteiger partial charge < -0.3 is 19.1 Å². The zero-order valence-corrected chi connectivity index (χ0v) is 30.0. The number of nitrogens with zero attached hydrogens (tertiary/aromatic N) is 3. The van der Waals surface area contributed by atoms with Crippen molar-refractivity contribution >= 4 is 23.6 Å². The van der Waals surface area contributed by atoms with E-state index in [1.54, 1.807) is 18.3 Å². The molecule has 0 amide bonds. The van der Waals surface area contributed by atoms with E-state index >= 15 is 0 Å². The van der Waals surface area contributed by atoms with Crippen molar-refractivity contribution in [3.63, 3.8) is 0 Å². The van der Waals surface area contributed by atoms with Gasteiger partial charge in [0.15, 0.2) is 0 Å². The third kappa shape index (κ3) is 10.2. The van der Waals surface area contributed by atoms with Crippen LogP contribution in [-0.4, -0.2) is 53.9 Å². The third-order valence-electron chi connectivity index (χ3n) is 9.01. The van der Waals surface area contributed by atoms with Crippen LogP contribution in [0.2, 0.25) is 5.02 Å². The number of hydrogen-bond acceptors (Lipinski definition) is 7. The number of hydrogen-bond donors (Lipinski definition) is 0. The Morgan fingerprint density at radius 2 is 1.47 bits per heavy atom. The lowest BCUT2D eigenvalue weighted by Gasteiger charge is -2.37. The summed E-state index contributed by atoms with van der Waals surface area (Å²) in [7, 11) is 0. The molecule has 1 saturated heterocycles. The smallest absolute Gasteiger partial charge is 0.219 e. The molecule has 8 heteroatoms. The standard InChI is InChI=1S/C43H44ClN3O4/c1-32(2)35-11-15-38(16-12-35)49-28-22-33-7-9-34(10-8-33)30-46-23-25-47(26-24-46)42(21-27-48)36-13-17-39(18-14-36)51-43-20-19-40(29-45-43)50-31-37-5-3-4-6-41(37)44/h3-21,27,29,32H,22-26,28,30-31H2,1-2H3/b42-21+. The summed E-state index contributed by atoms with van der Waals surface area (Å²) in [5, 5.41) is 0.668. The molecule has 0 saturated carbocycles. The predicted molar refractivity (Wildman–Crippen MR) is 204 cm³/mol. The highest BCUT2D eigenvalue weighted by molar-refractivity contribution is 6.31. The second kappa shape index (κ2) is 17.7. The number of piperazine rings is 1. The molecular weight excluding hydrogens is 658 g/mol. The number of aldehydes is 1. The molecule has 1 aliphatic heterocycles. The van der Waals surface area contributed by atoms with Gasteiger partial charge in [0.2, 0.25) is 5.88 Å². The van der Waals surface area contributed by atoms with E-state index in [0.717, 1.165) is 68.0 Å². The largest absolute Gasteiger partial charge is 0.493 e. The predicted octanol–water partition coefficient (Wildman–Crippen LogP) is 9.21. The molecule has 6 rings (SSSR count). The molecule has 4 aromatic carbocycles. The summed E-state index contributed by atoms with van der Waals surface area (Å²) >= 11 is 6.22. The van der Waals surface area contributed by atoms with Crippen LogP contribution in [0.15, 0.2) is 121 Å². The number of rotatable bonds is 15. The number of allylic oxidation sites excluding steroid dienone is 1. The number of benzene rings is 4. The van der Waals surface area contributed by atoms with Crippen molar-refractivity contribution in [2.24, 2.45) is 0 Å². The minimum Gasteiger partial charge on any atom is -0.493 e. The van der Waals surface area contributed by atoms with Gasteiger partial charge in [0.05, 0.1) is 12.8 Å². The highest BCUT2D eigenvalue weighted by Gasteiger charge is 2.20. The van der Waals surface area contributed by atoms with Crippen LogP contribution < -0.4 is 14.2 Å². The van der Waals surface area contributed by atoms with Crippen molar-refractivity contribution in [2.45, 2.75) is 39.3 Å². The van der Waals surface area contributed by atoms with Gasteiger partial charge in [-0.2, -0.15) is 0 Å². The van der Waals surface area contributed by atoms with Crippen molar-refractivity contribution in [3.8, 4) is 23.1 Å². The summed E-state index contributed by atoms with van der Waals surface area (Å²) in [5.74, 6) is 3.17. The number of pyridine rings is 1. The molecule has 1 fully saturated rings. The lowest BCUT2D eigenvalue weighted by molar-refractivity contribution is -0.104. The number of carbonyl (C=O) groups excluding carboxylic acids is 1. The molecule has 0 bridgehead atoms. The minimum atomic E-state index is 0.356. The molecule has 0 radical (unpaired) electrons. The molecule has 7 nitrogen and oxygen atoms in total. The van der Waals surface area contributed by atoms with Crippen molar-refractivity contribution in [1.29, 1.82) is 0 Å². The fourth-order valence-corrected chi connectivity index (χ4v) is 6.19. The lowest BCUT2D eigenvalue weighted by Crippen LogP contribution is -2.44. The number of aromatic nitrogens is 1. The Morgan fingerprint density at radius 1 is 0.784 bits per heavy atom. The van der Waals surface area contributed by atoms with Gasteiger partial charge in [-0.3, -0.25) is 9.69 Å². The highest BCUT2D eigenvalue weighted by atomic mass is 35.5. The Hall–Kier alpha value is -5.11. The quantitative estimate of drug-likeness (QED) is 0.0797. The maximum Gasteiger partial charge on any atom is 0.219 e. The van der Waals surface area contributed by atoms with E-state index in [4.69, 9.17) is 25.8 Å². The fraction of sp³-hybridized carbons (Fsp3) is 0.256. The van der Waals surface area contributed by atoms with Gasteiger partial charge in [-0.15, -0.1) is 0 Å². The first-order valence-corrected chi connectivity index (χ1v) is 17.8. The molecule has 2 heterocycles. The Labute approximate surface area is 306 Å². The van der Waals surface area contributed by atoms with Crippen molar-refractivity contribution < 1.29 is 19.0 Å². The van der Waals surface area contributed by atoms with Crippen molar-refractivity contribution in [2.75, 3.05) is 32.8 Å². The highest BCUT2D eigenvalue weighted by Crippen LogP contribution is 2.27. The van der Waals surface area contributed by atoms with Crippen LogP contribution in [0.25, 0.3) is 5.70 Å². The fourth-order valence-electron chi connectivity index (χ4n) is 6.00. The molecule has 0 aliphatic carbocycles. The molecular formula is C43H44ClN3O4. The summed E-state index contributed by atoms with van der Waals surface area (Å²) < 4.78 is 17.8. The van der Waals surface area contributed by atoms with Crippen molar-refractivity contribution in [3.05, 3.63) is 154 Å². The van der Waals surface area contributed by atoms with Gasteiger partial charge >= 0.3 is 0 Å². The first-order valence-electron chi connectivity index (χ1n) is 17.5. The molecule has 0 unspecified atom stereocenters. The monoisotopic (exact) mass is 701 g/mol. The molecule has 0 spiro atoms. The lowest BCUT2D eigenvalue weighted by atomic mass is 10.0. The van der Waals surface area contributed by atoms with E-state index < -0.39 is 0 Å². The summed E-state index contributed by atoms with van der Waals surface area (Å²) in [6, 6.07) is 36.2. The van der Waals surface area contributed by atoms with Gasteiger partial charge in [0.25, 0.3) is 0 Å². The number of halogens is 1. The van der Waals surface area contributed by atoms with Gasteiger partial charge in [0, 0.05) is 67.6 Å². The zero-order valence-electron chi connectivity index (χ0n) is 29.2. The van der Waals surface area contributed by atoms with Crippen LogP contribution in [0.4, 0.5) is 0 Å². The van der Waals surface area contributed by atoms with Gasteiger partial charge in [-0.25, -0.2) is 4.98 Å². The summed E-state index contributed by atoms with van der Waals surface area (Å²) in [4.78, 5) is 20.8. The maximum atomic E-state index is 11.6. The van der Waals surface area contributed by atoms with Crippen molar-refractivity contribution in [1.82, 2.24) is 14.8 Å². The molecule has 5 aromatic rings. The summed E-state index contributed by atoms with van der Waals surface area (Å²) in [6.07, 6.45) is 5.01. The molecule has 262 valence electrons. The molecule has 1 aromatic heterocycles.